The van der Waals surface area contributed by atoms with Crippen LogP contribution in [0.4, 0.5) is 4.79 Å². The summed E-state index contributed by atoms with van der Waals surface area (Å²) in [6.45, 7) is 8.08. The zero-order valence-corrected chi connectivity index (χ0v) is 18.0. The summed E-state index contributed by atoms with van der Waals surface area (Å²) in [5, 5.41) is 3.46. The molecule has 0 spiro atoms. The molecule has 0 atom stereocenters. The summed E-state index contributed by atoms with van der Waals surface area (Å²) in [7, 11) is 0. The highest BCUT2D eigenvalue weighted by Crippen LogP contribution is 2.38. The molecule has 2 amide bonds. The van der Waals surface area contributed by atoms with Gasteiger partial charge in [0.1, 0.15) is 5.60 Å². The summed E-state index contributed by atoms with van der Waals surface area (Å²) in [4.78, 5) is 26.4. The number of rotatable bonds is 3. The number of likely N-dealkylation sites (tertiary alicyclic amines) is 1. The van der Waals surface area contributed by atoms with Gasteiger partial charge in [-0.05, 0) is 51.3 Å². The van der Waals surface area contributed by atoms with Gasteiger partial charge in [-0.1, -0.05) is 11.6 Å². The molecule has 0 aliphatic carbocycles. The highest BCUT2D eigenvalue weighted by atomic mass is 35.5. The van der Waals surface area contributed by atoms with Gasteiger partial charge in [0.2, 0.25) is 5.91 Å². The maximum atomic E-state index is 12.6. The van der Waals surface area contributed by atoms with Crippen molar-refractivity contribution < 1.29 is 23.8 Å². The van der Waals surface area contributed by atoms with Gasteiger partial charge in [0.25, 0.3) is 0 Å². The lowest BCUT2D eigenvalue weighted by atomic mass is 9.96. The van der Waals surface area contributed by atoms with Crippen LogP contribution in [0.25, 0.3) is 0 Å². The molecule has 1 fully saturated rings. The van der Waals surface area contributed by atoms with Crippen LogP contribution < -0.4 is 14.8 Å². The van der Waals surface area contributed by atoms with Crippen LogP contribution in [-0.2, 0) is 16.1 Å². The van der Waals surface area contributed by atoms with Crippen LogP contribution in [0.3, 0.4) is 0 Å². The number of carbonyl (C=O) groups excluding carboxylic acids is 2. The fourth-order valence-electron chi connectivity index (χ4n) is 3.37. The Morgan fingerprint density at radius 2 is 1.90 bits per heavy atom. The van der Waals surface area contributed by atoms with Crippen LogP contribution in [0.5, 0.6) is 11.5 Å². The number of nitrogens with zero attached hydrogens (tertiary/aromatic N) is 1. The van der Waals surface area contributed by atoms with Crippen LogP contribution in [0.1, 0.15) is 45.6 Å². The summed E-state index contributed by atoms with van der Waals surface area (Å²) in [6, 6.07) is 3.65. The number of carbonyl (C=O) groups is 2. The number of nitrogens with one attached hydrogen (secondary N) is 1. The monoisotopic (exact) mass is 424 g/mol. The molecule has 2 aliphatic rings. The van der Waals surface area contributed by atoms with Gasteiger partial charge in [0.15, 0.2) is 11.5 Å². The molecule has 3 rings (SSSR count). The molecule has 7 nitrogen and oxygen atoms in total. The van der Waals surface area contributed by atoms with Crippen LogP contribution in [0.15, 0.2) is 12.1 Å². The van der Waals surface area contributed by atoms with Crippen LogP contribution in [0, 0.1) is 5.92 Å². The van der Waals surface area contributed by atoms with Crippen molar-refractivity contribution in [3.8, 4) is 11.5 Å². The summed E-state index contributed by atoms with van der Waals surface area (Å²) < 4.78 is 16.7. The molecule has 0 aromatic heterocycles. The summed E-state index contributed by atoms with van der Waals surface area (Å²) >= 11 is 6.31. The third kappa shape index (κ3) is 5.92. The third-order valence-electron chi connectivity index (χ3n) is 4.85. The van der Waals surface area contributed by atoms with Gasteiger partial charge in [0, 0.05) is 32.0 Å². The first kappa shape index (κ1) is 21.6. The lowest BCUT2D eigenvalue weighted by Gasteiger charge is -2.32. The van der Waals surface area contributed by atoms with E-state index in [9.17, 15) is 9.59 Å². The highest BCUT2D eigenvalue weighted by Gasteiger charge is 2.29. The Kier molecular flexibility index (Phi) is 6.77. The maximum Gasteiger partial charge on any atom is 0.410 e. The summed E-state index contributed by atoms with van der Waals surface area (Å²) in [5.74, 6) is 1.04. The van der Waals surface area contributed by atoms with E-state index in [0.29, 0.717) is 62.2 Å². The number of hydrogen-bond acceptors (Lipinski definition) is 5. The molecule has 0 unspecified atom stereocenters. The van der Waals surface area contributed by atoms with Crippen molar-refractivity contribution in [1.82, 2.24) is 10.2 Å². The first-order chi connectivity index (χ1) is 13.7. The van der Waals surface area contributed by atoms with Crippen molar-refractivity contribution in [2.45, 2.75) is 52.2 Å². The van der Waals surface area contributed by atoms with Gasteiger partial charge in [-0.2, -0.15) is 0 Å². The number of ether oxygens (including phenoxy) is 3. The topological polar surface area (TPSA) is 77.1 Å². The Labute approximate surface area is 176 Å². The number of amides is 2. The molecule has 1 saturated heterocycles. The van der Waals surface area contributed by atoms with E-state index in [1.165, 1.54) is 0 Å². The molecule has 2 heterocycles. The zero-order chi connectivity index (χ0) is 21.0. The number of piperidine rings is 1. The van der Waals surface area contributed by atoms with E-state index in [2.05, 4.69) is 5.32 Å². The van der Waals surface area contributed by atoms with E-state index in [4.69, 9.17) is 25.8 Å². The molecular formula is C21H29ClN2O5. The van der Waals surface area contributed by atoms with E-state index in [1.54, 1.807) is 11.0 Å². The molecule has 8 heteroatoms. The number of halogens is 1. The molecule has 0 radical (unpaired) electrons. The van der Waals surface area contributed by atoms with Crippen LogP contribution in [-0.4, -0.2) is 48.8 Å². The smallest absolute Gasteiger partial charge is 0.410 e. The van der Waals surface area contributed by atoms with Crippen molar-refractivity contribution in [2.24, 2.45) is 5.92 Å². The highest BCUT2D eigenvalue weighted by molar-refractivity contribution is 6.32. The van der Waals surface area contributed by atoms with E-state index >= 15 is 0 Å². The molecule has 1 aromatic rings. The van der Waals surface area contributed by atoms with E-state index in [1.807, 2.05) is 26.8 Å². The van der Waals surface area contributed by atoms with Crippen molar-refractivity contribution in [3.05, 3.63) is 22.7 Å². The summed E-state index contributed by atoms with van der Waals surface area (Å²) in [5.41, 5.74) is 0.341. The van der Waals surface area contributed by atoms with Gasteiger partial charge >= 0.3 is 6.09 Å². The van der Waals surface area contributed by atoms with E-state index < -0.39 is 5.60 Å². The average molecular weight is 425 g/mol. The van der Waals surface area contributed by atoms with E-state index in [0.717, 1.165) is 12.0 Å². The Morgan fingerprint density at radius 1 is 1.21 bits per heavy atom. The van der Waals surface area contributed by atoms with Crippen molar-refractivity contribution >= 4 is 23.6 Å². The van der Waals surface area contributed by atoms with Crippen LogP contribution >= 0.6 is 11.6 Å². The Hall–Kier alpha value is -2.15. The standard InChI is InChI=1S/C21H29ClN2O5/c1-21(2,3)29-20(26)24-7-5-15(6-8-24)19(25)23-13-14-11-16(22)18-17(12-14)27-9-4-10-28-18/h11-12,15H,4-10,13H2,1-3H3,(H,23,25). The zero-order valence-electron chi connectivity index (χ0n) is 17.3. The maximum absolute atomic E-state index is 12.6. The number of fused-ring (bicyclic) bond motifs is 1. The minimum absolute atomic E-state index is 0.0166. The van der Waals surface area contributed by atoms with Gasteiger partial charge < -0.3 is 24.4 Å². The lowest BCUT2D eigenvalue weighted by Crippen LogP contribution is -2.44. The lowest BCUT2D eigenvalue weighted by molar-refractivity contribution is -0.126. The third-order valence-corrected chi connectivity index (χ3v) is 5.13. The number of hydrogen-bond donors (Lipinski definition) is 1. The molecule has 0 bridgehead atoms. The van der Waals surface area contributed by atoms with Crippen molar-refractivity contribution in [3.63, 3.8) is 0 Å². The van der Waals surface area contributed by atoms with Crippen molar-refractivity contribution in [1.29, 1.82) is 0 Å². The first-order valence-electron chi connectivity index (χ1n) is 10.1. The Balaban J connectivity index is 1.50. The fraction of sp³-hybridized carbons (Fsp3) is 0.619. The predicted octanol–water partition coefficient (Wildman–Crippen LogP) is 3.76. The molecule has 29 heavy (non-hydrogen) atoms. The SMILES string of the molecule is CC(C)(C)OC(=O)N1CCC(C(=O)NCc2cc(Cl)c3c(c2)OCCCO3)CC1. The molecule has 2 aliphatic heterocycles. The number of benzene rings is 1. The van der Waals surface area contributed by atoms with Crippen molar-refractivity contribution in [2.75, 3.05) is 26.3 Å². The van der Waals surface area contributed by atoms with Gasteiger partial charge in [-0.25, -0.2) is 4.79 Å². The van der Waals surface area contributed by atoms with Crippen LogP contribution in [0.2, 0.25) is 5.02 Å². The Bertz CT molecular complexity index is 754. The molecular weight excluding hydrogens is 396 g/mol. The normalized spacial score (nSPS) is 17.4. The Morgan fingerprint density at radius 3 is 2.59 bits per heavy atom. The van der Waals surface area contributed by atoms with Gasteiger partial charge in [-0.3, -0.25) is 4.79 Å². The minimum Gasteiger partial charge on any atom is -0.489 e. The predicted molar refractivity (Wildman–Crippen MR) is 109 cm³/mol. The average Bonchev–Trinajstić information content (AvgIpc) is 2.91. The molecule has 1 aromatic carbocycles. The fourth-order valence-corrected chi connectivity index (χ4v) is 3.66. The quantitative estimate of drug-likeness (QED) is 0.799. The minimum atomic E-state index is -0.519. The molecule has 160 valence electrons. The van der Waals surface area contributed by atoms with E-state index in [-0.39, 0.29) is 17.9 Å². The largest absolute Gasteiger partial charge is 0.489 e. The first-order valence-corrected chi connectivity index (χ1v) is 10.4. The second kappa shape index (κ2) is 9.11. The second-order valence-electron chi connectivity index (χ2n) is 8.41. The van der Waals surface area contributed by atoms with Gasteiger partial charge in [0.05, 0.1) is 18.2 Å². The van der Waals surface area contributed by atoms with Gasteiger partial charge in [-0.15, -0.1) is 0 Å². The molecule has 0 saturated carbocycles. The summed E-state index contributed by atoms with van der Waals surface area (Å²) in [6.07, 6.45) is 1.72. The second-order valence-corrected chi connectivity index (χ2v) is 8.82. The molecule has 1 N–H and O–H groups in total.